The van der Waals surface area contributed by atoms with Crippen molar-refractivity contribution < 1.29 is 17.9 Å². The average molecular weight is 302 g/mol. The van der Waals surface area contributed by atoms with E-state index < -0.39 is 6.36 Å². The average Bonchev–Trinajstić information content (AvgIpc) is 2.37. The van der Waals surface area contributed by atoms with Crippen molar-refractivity contribution in [3.63, 3.8) is 0 Å². The smallest absolute Gasteiger partial charge is 0.406 e. The van der Waals surface area contributed by atoms with Gasteiger partial charge in [0, 0.05) is 25.3 Å². The summed E-state index contributed by atoms with van der Waals surface area (Å²) in [7, 11) is 4.10. The van der Waals surface area contributed by atoms with Crippen LogP contribution in [0.1, 0.15) is 13.3 Å². The van der Waals surface area contributed by atoms with Crippen LogP contribution in [0.15, 0.2) is 24.3 Å². The Morgan fingerprint density at radius 1 is 1.24 bits per heavy atom. The first kappa shape index (κ1) is 15.9. The summed E-state index contributed by atoms with van der Waals surface area (Å²) in [6.45, 7) is 4.27. The molecule has 1 aromatic rings. The number of piperidine rings is 1. The third kappa shape index (κ3) is 4.27. The predicted octanol–water partition coefficient (Wildman–Crippen LogP) is 3.36. The lowest BCUT2D eigenvalue weighted by atomic mass is 9.92. The first-order chi connectivity index (χ1) is 9.76. The van der Waals surface area contributed by atoms with Crippen LogP contribution in [0.3, 0.4) is 0 Å². The first-order valence-electron chi connectivity index (χ1n) is 7.03. The van der Waals surface area contributed by atoms with Crippen LogP contribution < -0.4 is 9.64 Å². The fourth-order valence-electron chi connectivity index (χ4n) is 2.99. The molecule has 0 aliphatic carbocycles. The summed E-state index contributed by atoms with van der Waals surface area (Å²) in [5.41, 5.74) is 0.908. The molecule has 1 unspecified atom stereocenters. The maximum atomic E-state index is 12.1. The van der Waals surface area contributed by atoms with Gasteiger partial charge in [-0.05, 0) is 50.2 Å². The van der Waals surface area contributed by atoms with Gasteiger partial charge >= 0.3 is 6.36 Å². The van der Waals surface area contributed by atoms with Crippen LogP contribution in [-0.4, -0.2) is 44.5 Å². The van der Waals surface area contributed by atoms with Gasteiger partial charge in [0.25, 0.3) is 0 Å². The summed E-state index contributed by atoms with van der Waals surface area (Å²) in [5.74, 6) is 0.330. The number of halogens is 3. The van der Waals surface area contributed by atoms with E-state index in [1.165, 1.54) is 12.1 Å². The van der Waals surface area contributed by atoms with Crippen LogP contribution in [0.25, 0.3) is 0 Å². The van der Waals surface area contributed by atoms with Gasteiger partial charge in [-0.25, -0.2) is 0 Å². The summed E-state index contributed by atoms with van der Waals surface area (Å²) in [6.07, 6.45) is -3.59. The number of nitrogens with zero attached hydrogens (tertiary/aromatic N) is 2. The lowest BCUT2D eigenvalue weighted by molar-refractivity contribution is -0.274. The standard InChI is InChI=1S/C15H21F3N2O/c1-11-10-19(2)9-8-14(11)20(3)12-4-6-13(7-5-12)21-15(16,17)18/h4-7,11,14H,8-10H2,1-3H3/t11-,14?/m1/s1. The highest BCUT2D eigenvalue weighted by atomic mass is 19.4. The minimum atomic E-state index is -4.64. The molecule has 0 amide bonds. The molecule has 2 atom stereocenters. The molecule has 118 valence electrons. The van der Waals surface area contributed by atoms with Crippen molar-refractivity contribution >= 4 is 5.69 Å². The number of anilines is 1. The lowest BCUT2D eigenvalue weighted by Crippen LogP contribution is -2.47. The van der Waals surface area contributed by atoms with E-state index in [0.717, 1.165) is 25.2 Å². The number of benzene rings is 1. The Bertz CT molecular complexity index is 461. The molecule has 3 nitrogen and oxygen atoms in total. The maximum Gasteiger partial charge on any atom is 0.573 e. The number of hydrogen-bond donors (Lipinski definition) is 0. The van der Waals surface area contributed by atoms with E-state index in [1.807, 2.05) is 7.05 Å². The lowest BCUT2D eigenvalue weighted by Gasteiger charge is -2.41. The Balaban J connectivity index is 2.04. The number of likely N-dealkylation sites (tertiary alicyclic amines) is 1. The molecule has 0 N–H and O–H groups in total. The van der Waals surface area contributed by atoms with E-state index in [0.29, 0.717) is 12.0 Å². The first-order valence-corrected chi connectivity index (χ1v) is 7.03. The molecule has 2 rings (SSSR count). The molecular formula is C15H21F3N2O. The summed E-state index contributed by atoms with van der Waals surface area (Å²) < 4.78 is 40.3. The molecule has 0 spiro atoms. The predicted molar refractivity (Wildman–Crippen MR) is 76.6 cm³/mol. The zero-order valence-corrected chi connectivity index (χ0v) is 12.5. The minimum Gasteiger partial charge on any atom is -0.406 e. The molecule has 0 saturated carbocycles. The Kier molecular flexibility index (Phi) is 4.66. The Hall–Kier alpha value is -1.43. The van der Waals surface area contributed by atoms with Gasteiger partial charge < -0.3 is 14.5 Å². The maximum absolute atomic E-state index is 12.1. The monoisotopic (exact) mass is 302 g/mol. The number of alkyl halides is 3. The van der Waals surface area contributed by atoms with Gasteiger partial charge in [-0.3, -0.25) is 0 Å². The third-order valence-electron chi connectivity index (χ3n) is 4.04. The van der Waals surface area contributed by atoms with E-state index in [4.69, 9.17) is 0 Å². The normalized spacial score (nSPS) is 23.9. The van der Waals surface area contributed by atoms with Crippen LogP contribution in [-0.2, 0) is 0 Å². The summed E-state index contributed by atoms with van der Waals surface area (Å²) in [5, 5.41) is 0. The molecule has 1 aromatic carbocycles. The highest BCUT2D eigenvalue weighted by Gasteiger charge is 2.31. The van der Waals surface area contributed by atoms with E-state index in [9.17, 15) is 13.2 Å². The van der Waals surface area contributed by atoms with Gasteiger partial charge in [0.05, 0.1) is 0 Å². The van der Waals surface area contributed by atoms with Gasteiger partial charge in [0.2, 0.25) is 0 Å². The Morgan fingerprint density at radius 2 is 1.86 bits per heavy atom. The minimum absolute atomic E-state index is 0.184. The number of rotatable bonds is 3. The van der Waals surface area contributed by atoms with E-state index in [1.54, 1.807) is 12.1 Å². The fourth-order valence-corrected chi connectivity index (χ4v) is 2.99. The summed E-state index contributed by atoms with van der Waals surface area (Å²) >= 11 is 0. The van der Waals surface area contributed by atoms with Crippen molar-refractivity contribution in [1.29, 1.82) is 0 Å². The molecule has 6 heteroatoms. The summed E-state index contributed by atoms with van der Waals surface area (Å²) in [4.78, 5) is 4.45. The van der Waals surface area contributed by atoms with Crippen LogP contribution >= 0.6 is 0 Å². The third-order valence-corrected chi connectivity index (χ3v) is 4.04. The molecule has 0 radical (unpaired) electrons. The highest BCUT2D eigenvalue weighted by Crippen LogP contribution is 2.28. The Labute approximate surface area is 123 Å². The zero-order valence-electron chi connectivity index (χ0n) is 12.5. The SMILES string of the molecule is C[C@@H]1CN(C)CCC1N(C)c1ccc(OC(F)(F)F)cc1. The van der Waals surface area contributed by atoms with E-state index >= 15 is 0 Å². The van der Waals surface area contributed by atoms with Gasteiger partial charge in [-0.15, -0.1) is 13.2 Å². The second-order valence-corrected chi connectivity index (χ2v) is 5.75. The van der Waals surface area contributed by atoms with Gasteiger partial charge in [0.1, 0.15) is 5.75 Å². The number of hydrogen-bond acceptors (Lipinski definition) is 3. The largest absolute Gasteiger partial charge is 0.573 e. The molecule has 0 aromatic heterocycles. The molecule has 1 heterocycles. The molecule has 1 aliphatic heterocycles. The molecule has 0 bridgehead atoms. The second kappa shape index (κ2) is 6.13. The van der Waals surface area contributed by atoms with Gasteiger partial charge in [0.15, 0.2) is 0 Å². The van der Waals surface area contributed by atoms with Crippen LogP contribution in [0, 0.1) is 5.92 Å². The van der Waals surface area contributed by atoms with Crippen LogP contribution in [0.4, 0.5) is 18.9 Å². The van der Waals surface area contributed by atoms with Crippen LogP contribution in [0.2, 0.25) is 0 Å². The molecule has 1 saturated heterocycles. The van der Waals surface area contributed by atoms with Crippen molar-refractivity contribution in [1.82, 2.24) is 4.90 Å². The van der Waals surface area contributed by atoms with Crippen molar-refractivity contribution in [2.24, 2.45) is 5.92 Å². The van der Waals surface area contributed by atoms with Gasteiger partial charge in [-0.1, -0.05) is 6.92 Å². The molecule has 1 fully saturated rings. The summed E-state index contributed by atoms with van der Waals surface area (Å²) in [6, 6.07) is 6.46. The van der Waals surface area contributed by atoms with Gasteiger partial charge in [-0.2, -0.15) is 0 Å². The molecular weight excluding hydrogens is 281 g/mol. The second-order valence-electron chi connectivity index (χ2n) is 5.75. The highest BCUT2D eigenvalue weighted by molar-refractivity contribution is 5.49. The zero-order chi connectivity index (χ0) is 15.6. The van der Waals surface area contributed by atoms with E-state index in [2.05, 4.69) is 28.5 Å². The topological polar surface area (TPSA) is 15.7 Å². The van der Waals surface area contributed by atoms with Crippen molar-refractivity contribution in [2.75, 3.05) is 32.1 Å². The van der Waals surface area contributed by atoms with Crippen molar-refractivity contribution in [2.45, 2.75) is 25.7 Å². The Morgan fingerprint density at radius 3 is 2.38 bits per heavy atom. The van der Waals surface area contributed by atoms with Crippen molar-refractivity contribution in [3.8, 4) is 5.75 Å². The van der Waals surface area contributed by atoms with Crippen molar-refractivity contribution in [3.05, 3.63) is 24.3 Å². The van der Waals surface area contributed by atoms with Crippen LogP contribution in [0.5, 0.6) is 5.75 Å². The fraction of sp³-hybridized carbons (Fsp3) is 0.600. The molecule has 1 aliphatic rings. The quantitative estimate of drug-likeness (QED) is 0.851. The molecule has 21 heavy (non-hydrogen) atoms. The number of ether oxygens (including phenoxy) is 1. The van der Waals surface area contributed by atoms with E-state index in [-0.39, 0.29) is 5.75 Å².